The van der Waals surface area contributed by atoms with Crippen molar-refractivity contribution < 1.29 is 0 Å². The second kappa shape index (κ2) is 3.40. The van der Waals surface area contributed by atoms with Crippen molar-refractivity contribution in [2.75, 3.05) is 0 Å². The fourth-order valence-corrected chi connectivity index (χ4v) is 1.47. The van der Waals surface area contributed by atoms with Gasteiger partial charge in [0.1, 0.15) is 11.5 Å². The lowest BCUT2D eigenvalue weighted by molar-refractivity contribution is 1.06. The second-order valence-electron chi connectivity index (χ2n) is 2.56. The molecule has 0 unspecified atom stereocenters. The van der Waals surface area contributed by atoms with E-state index in [9.17, 15) is 0 Å². The maximum atomic E-state index is 5.98. The first-order valence-electron chi connectivity index (χ1n) is 3.72. The largest absolute Gasteiger partial charge is 0.303 e. The molecule has 1 aromatic heterocycles. The van der Waals surface area contributed by atoms with Gasteiger partial charge in [0.25, 0.3) is 0 Å². The van der Waals surface area contributed by atoms with E-state index in [-0.39, 0.29) is 0 Å². The molecule has 0 amide bonds. The van der Waals surface area contributed by atoms with Gasteiger partial charge in [0.05, 0.1) is 10.7 Å². The molecule has 0 spiro atoms. The summed E-state index contributed by atoms with van der Waals surface area (Å²) in [4.78, 5) is 3.90. The zero-order valence-electron chi connectivity index (χ0n) is 6.61. The minimum absolute atomic E-state index is 0.458. The number of nitrogens with zero attached hydrogens (tertiary/aromatic N) is 2. The van der Waals surface area contributed by atoms with Gasteiger partial charge in [-0.1, -0.05) is 35.3 Å². The lowest BCUT2D eigenvalue weighted by atomic mass is 10.3. The third-order valence-electron chi connectivity index (χ3n) is 1.68. The van der Waals surface area contributed by atoms with Gasteiger partial charge in [0.2, 0.25) is 0 Å². The van der Waals surface area contributed by atoms with Gasteiger partial charge in [-0.05, 0) is 12.1 Å². The number of para-hydroxylation sites is 1. The number of rotatable bonds is 1. The van der Waals surface area contributed by atoms with Gasteiger partial charge in [-0.2, -0.15) is 0 Å². The fraction of sp³-hybridized carbons (Fsp3) is 0. The molecule has 0 fully saturated rings. The molecule has 2 rings (SSSR count). The Hall–Kier alpha value is -0.990. The van der Waals surface area contributed by atoms with E-state index in [1.807, 2.05) is 24.3 Å². The van der Waals surface area contributed by atoms with E-state index in [1.165, 1.54) is 0 Å². The Labute approximate surface area is 85.7 Å². The molecule has 13 heavy (non-hydrogen) atoms. The summed E-state index contributed by atoms with van der Waals surface area (Å²) >= 11 is 11.7. The standard InChI is InChI=1S/C9H6Cl2N2/c10-7-3-1-2-4-8(7)13-5-9(11)12-6-13/h1-6H. The predicted octanol–water partition coefficient (Wildman–Crippen LogP) is 3.18. The Balaban J connectivity index is 2.52. The molecule has 66 valence electrons. The SMILES string of the molecule is Clc1cn(-c2ccccc2Cl)cn1. The molecule has 0 aliphatic heterocycles. The van der Waals surface area contributed by atoms with Gasteiger partial charge in [0.15, 0.2) is 0 Å². The Morgan fingerprint density at radius 2 is 1.92 bits per heavy atom. The van der Waals surface area contributed by atoms with Gasteiger partial charge in [0, 0.05) is 6.20 Å². The maximum absolute atomic E-state index is 5.98. The van der Waals surface area contributed by atoms with Gasteiger partial charge in [-0.25, -0.2) is 4.98 Å². The highest BCUT2D eigenvalue weighted by Gasteiger charge is 2.01. The lowest BCUT2D eigenvalue weighted by Gasteiger charge is -2.02. The lowest BCUT2D eigenvalue weighted by Crippen LogP contribution is -1.89. The van der Waals surface area contributed by atoms with E-state index in [0.717, 1.165) is 5.69 Å². The van der Waals surface area contributed by atoms with Gasteiger partial charge in [-0.15, -0.1) is 0 Å². The Morgan fingerprint density at radius 1 is 1.15 bits per heavy atom. The number of imidazole rings is 1. The molecule has 0 radical (unpaired) electrons. The minimum Gasteiger partial charge on any atom is -0.303 e. The second-order valence-corrected chi connectivity index (χ2v) is 3.35. The zero-order chi connectivity index (χ0) is 9.26. The molecule has 1 heterocycles. The van der Waals surface area contributed by atoms with E-state index in [1.54, 1.807) is 17.1 Å². The van der Waals surface area contributed by atoms with Crippen LogP contribution in [0.1, 0.15) is 0 Å². The van der Waals surface area contributed by atoms with Crippen molar-refractivity contribution in [3.8, 4) is 5.69 Å². The van der Waals surface area contributed by atoms with Crippen molar-refractivity contribution in [2.45, 2.75) is 0 Å². The molecule has 0 aliphatic rings. The third-order valence-corrected chi connectivity index (χ3v) is 2.20. The van der Waals surface area contributed by atoms with Crippen LogP contribution in [0.5, 0.6) is 0 Å². The van der Waals surface area contributed by atoms with Crippen molar-refractivity contribution in [3.63, 3.8) is 0 Å². The summed E-state index contributed by atoms with van der Waals surface area (Å²) in [5, 5.41) is 1.14. The monoisotopic (exact) mass is 212 g/mol. The van der Waals surface area contributed by atoms with Crippen molar-refractivity contribution in [1.29, 1.82) is 0 Å². The number of benzene rings is 1. The summed E-state index contributed by atoms with van der Waals surface area (Å²) in [5.41, 5.74) is 0.878. The van der Waals surface area contributed by atoms with Crippen LogP contribution in [0.15, 0.2) is 36.8 Å². The van der Waals surface area contributed by atoms with Crippen molar-refractivity contribution >= 4 is 23.2 Å². The molecule has 0 atom stereocenters. The van der Waals surface area contributed by atoms with Crippen LogP contribution in [-0.4, -0.2) is 9.55 Å². The molecular formula is C9H6Cl2N2. The van der Waals surface area contributed by atoms with Crippen LogP contribution in [0.3, 0.4) is 0 Å². The Morgan fingerprint density at radius 3 is 2.54 bits per heavy atom. The highest BCUT2D eigenvalue weighted by Crippen LogP contribution is 2.20. The molecule has 2 aromatic rings. The van der Waals surface area contributed by atoms with Crippen LogP contribution in [0.25, 0.3) is 5.69 Å². The average Bonchev–Trinajstić information content (AvgIpc) is 2.53. The molecular weight excluding hydrogens is 207 g/mol. The predicted molar refractivity (Wildman–Crippen MR) is 53.6 cm³/mol. The average molecular weight is 213 g/mol. The first-order valence-corrected chi connectivity index (χ1v) is 4.47. The third kappa shape index (κ3) is 1.69. The van der Waals surface area contributed by atoms with Crippen LogP contribution in [0.4, 0.5) is 0 Å². The zero-order valence-corrected chi connectivity index (χ0v) is 8.13. The van der Waals surface area contributed by atoms with E-state index in [4.69, 9.17) is 23.2 Å². The normalized spacial score (nSPS) is 10.3. The van der Waals surface area contributed by atoms with Crippen LogP contribution < -0.4 is 0 Å². The molecule has 1 aromatic carbocycles. The molecule has 2 nitrogen and oxygen atoms in total. The molecule has 0 saturated heterocycles. The smallest absolute Gasteiger partial charge is 0.147 e. The fourth-order valence-electron chi connectivity index (χ4n) is 1.09. The maximum Gasteiger partial charge on any atom is 0.147 e. The molecule has 0 bridgehead atoms. The number of halogens is 2. The summed E-state index contributed by atoms with van der Waals surface area (Å²) in [6, 6.07) is 7.52. The number of hydrogen-bond acceptors (Lipinski definition) is 1. The van der Waals surface area contributed by atoms with Crippen LogP contribution in [0, 0.1) is 0 Å². The van der Waals surface area contributed by atoms with E-state index in [0.29, 0.717) is 10.2 Å². The quantitative estimate of drug-likeness (QED) is 0.711. The van der Waals surface area contributed by atoms with E-state index >= 15 is 0 Å². The van der Waals surface area contributed by atoms with Crippen molar-refractivity contribution in [1.82, 2.24) is 9.55 Å². The first-order chi connectivity index (χ1) is 6.27. The molecule has 0 N–H and O–H groups in total. The first kappa shape index (κ1) is 8.60. The minimum atomic E-state index is 0.458. The number of hydrogen-bond donors (Lipinski definition) is 0. The summed E-state index contributed by atoms with van der Waals surface area (Å²) in [6.07, 6.45) is 3.34. The van der Waals surface area contributed by atoms with Crippen LogP contribution in [0.2, 0.25) is 10.2 Å². The topological polar surface area (TPSA) is 17.8 Å². The molecule has 4 heteroatoms. The van der Waals surface area contributed by atoms with Crippen LogP contribution >= 0.6 is 23.2 Å². The summed E-state index contributed by atoms with van der Waals surface area (Å²) in [7, 11) is 0. The molecule has 0 saturated carbocycles. The van der Waals surface area contributed by atoms with Gasteiger partial charge >= 0.3 is 0 Å². The van der Waals surface area contributed by atoms with E-state index < -0.39 is 0 Å². The van der Waals surface area contributed by atoms with E-state index in [2.05, 4.69) is 4.98 Å². The Bertz CT molecular complexity index is 423. The van der Waals surface area contributed by atoms with Crippen molar-refractivity contribution in [3.05, 3.63) is 47.0 Å². The molecule has 0 aliphatic carbocycles. The van der Waals surface area contributed by atoms with Crippen molar-refractivity contribution in [2.24, 2.45) is 0 Å². The van der Waals surface area contributed by atoms with Gasteiger partial charge in [-0.3, -0.25) is 0 Å². The summed E-state index contributed by atoms with van der Waals surface area (Å²) in [6.45, 7) is 0. The van der Waals surface area contributed by atoms with Crippen LogP contribution in [-0.2, 0) is 0 Å². The summed E-state index contributed by atoms with van der Waals surface area (Å²) in [5.74, 6) is 0. The highest BCUT2D eigenvalue weighted by molar-refractivity contribution is 6.32. The Kier molecular flexibility index (Phi) is 2.25. The number of aromatic nitrogens is 2. The summed E-state index contributed by atoms with van der Waals surface area (Å²) < 4.78 is 1.78. The highest BCUT2D eigenvalue weighted by atomic mass is 35.5. The van der Waals surface area contributed by atoms with Gasteiger partial charge < -0.3 is 4.57 Å².